The third-order valence-corrected chi connectivity index (χ3v) is 6.94. The highest BCUT2D eigenvalue weighted by atomic mass is 32.1. The molecule has 2 bridgehead atoms. The Hall–Kier alpha value is -1.47. The zero-order valence-corrected chi connectivity index (χ0v) is 14.7. The molecule has 4 heterocycles. The molecule has 1 radical (unpaired) electrons. The number of carbonyl (C=O) groups is 1. The van der Waals surface area contributed by atoms with Gasteiger partial charge in [-0.25, -0.2) is 9.97 Å². The molecule has 7 heteroatoms. The molecule has 3 fully saturated rings. The topological polar surface area (TPSA) is 72.1 Å². The molecule has 3 aliphatic rings. The number of nitrogens with two attached hydrogens (primary N) is 1. The SMILES string of the molecule is Cc1n[c]sc1-c1nc(N2CC3CCC(CC3)C2)sc1C(N)=O. The van der Waals surface area contributed by atoms with Gasteiger partial charge >= 0.3 is 0 Å². The van der Waals surface area contributed by atoms with Crippen molar-refractivity contribution in [3.63, 3.8) is 0 Å². The summed E-state index contributed by atoms with van der Waals surface area (Å²) in [5, 5.41) is 0.931. The number of hydrogen-bond donors (Lipinski definition) is 1. The van der Waals surface area contributed by atoms with Crippen LogP contribution < -0.4 is 10.6 Å². The van der Waals surface area contributed by atoms with E-state index in [0.717, 1.165) is 40.6 Å². The fourth-order valence-electron chi connectivity index (χ4n) is 3.70. The molecule has 2 aromatic heterocycles. The Morgan fingerprint density at radius 2 is 1.91 bits per heavy atom. The van der Waals surface area contributed by atoms with Crippen LogP contribution in [0.3, 0.4) is 0 Å². The Morgan fingerprint density at radius 3 is 2.43 bits per heavy atom. The number of aromatic nitrogens is 2. The molecule has 1 amide bonds. The highest BCUT2D eigenvalue weighted by Crippen LogP contribution is 2.40. The summed E-state index contributed by atoms with van der Waals surface area (Å²) in [6, 6.07) is 0. The highest BCUT2D eigenvalue weighted by molar-refractivity contribution is 7.19. The zero-order valence-electron chi connectivity index (χ0n) is 13.0. The monoisotopic (exact) mass is 347 g/mol. The minimum Gasteiger partial charge on any atom is -0.365 e. The second kappa shape index (κ2) is 5.87. The maximum absolute atomic E-state index is 11.9. The number of nitrogens with zero attached hydrogens (tertiary/aromatic N) is 3. The lowest BCUT2D eigenvalue weighted by molar-refractivity contribution is 0.100. The van der Waals surface area contributed by atoms with Crippen LogP contribution in [0.15, 0.2) is 0 Å². The molecule has 2 saturated heterocycles. The standard InChI is InChI=1S/C16H19N4OS2/c1-9-13(22-8-18-9)12-14(15(17)21)23-16(19-12)20-6-10-2-3-11(7-20)5-4-10/h10-11H,2-7H2,1H3,(H2,17,21). The molecule has 5 rings (SSSR count). The van der Waals surface area contributed by atoms with Crippen LogP contribution in [-0.2, 0) is 0 Å². The van der Waals surface area contributed by atoms with Gasteiger partial charge in [-0.2, -0.15) is 0 Å². The number of aryl methyl sites for hydroxylation is 1. The molecule has 0 aromatic carbocycles. The highest BCUT2D eigenvalue weighted by Gasteiger charge is 2.32. The first-order valence-corrected chi connectivity index (χ1v) is 9.64. The van der Waals surface area contributed by atoms with Gasteiger partial charge < -0.3 is 10.6 Å². The molecule has 23 heavy (non-hydrogen) atoms. The van der Waals surface area contributed by atoms with Crippen LogP contribution in [0.4, 0.5) is 5.13 Å². The zero-order chi connectivity index (χ0) is 16.0. The van der Waals surface area contributed by atoms with Gasteiger partial charge in [-0.1, -0.05) is 11.3 Å². The Labute approximate surface area is 143 Å². The molecule has 0 atom stereocenters. The Balaban J connectivity index is 1.73. The van der Waals surface area contributed by atoms with Crippen LogP contribution in [0.2, 0.25) is 0 Å². The van der Waals surface area contributed by atoms with E-state index in [0.29, 0.717) is 10.6 Å². The first-order chi connectivity index (χ1) is 11.1. The summed E-state index contributed by atoms with van der Waals surface area (Å²) in [4.78, 5) is 24.6. The molecule has 0 unspecified atom stereocenters. The molecule has 1 aliphatic carbocycles. The first kappa shape index (κ1) is 15.1. The fourth-order valence-corrected chi connectivity index (χ4v) is 5.42. The molecule has 5 nitrogen and oxygen atoms in total. The summed E-state index contributed by atoms with van der Waals surface area (Å²) in [7, 11) is 0. The smallest absolute Gasteiger partial charge is 0.261 e. The summed E-state index contributed by atoms with van der Waals surface area (Å²) in [6.07, 6.45) is 5.30. The maximum Gasteiger partial charge on any atom is 0.261 e. The molecular weight excluding hydrogens is 328 g/mol. The van der Waals surface area contributed by atoms with Gasteiger partial charge in [0.25, 0.3) is 5.91 Å². The molecule has 2 N–H and O–H groups in total. The van der Waals surface area contributed by atoms with E-state index in [1.807, 2.05) is 6.92 Å². The van der Waals surface area contributed by atoms with Crippen LogP contribution in [-0.4, -0.2) is 29.0 Å². The lowest BCUT2D eigenvalue weighted by Crippen LogP contribution is -2.27. The third-order valence-electron chi connectivity index (χ3n) is 4.94. The summed E-state index contributed by atoms with van der Waals surface area (Å²) in [5.74, 6) is 1.11. The Bertz CT molecular complexity index is 716. The van der Waals surface area contributed by atoms with Crippen LogP contribution in [0.1, 0.15) is 41.0 Å². The molecule has 1 saturated carbocycles. The van der Waals surface area contributed by atoms with Gasteiger partial charge in [0, 0.05) is 13.1 Å². The van der Waals surface area contributed by atoms with E-state index in [4.69, 9.17) is 10.7 Å². The van der Waals surface area contributed by atoms with Crippen LogP contribution in [0, 0.1) is 24.3 Å². The van der Waals surface area contributed by atoms with E-state index in [9.17, 15) is 4.79 Å². The summed E-state index contributed by atoms with van der Waals surface area (Å²) >= 11 is 2.82. The van der Waals surface area contributed by atoms with E-state index in [1.54, 1.807) is 0 Å². The number of amides is 1. The Kier molecular flexibility index (Phi) is 3.85. The van der Waals surface area contributed by atoms with Crippen molar-refractivity contribution in [3.8, 4) is 10.6 Å². The van der Waals surface area contributed by atoms with E-state index in [-0.39, 0.29) is 0 Å². The van der Waals surface area contributed by atoms with Gasteiger partial charge in [-0.3, -0.25) is 4.79 Å². The first-order valence-electron chi connectivity index (χ1n) is 8.01. The van der Waals surface area contributed by atoms with E-state index < -0.39 is 5.91 Å². The van der Waals surface area contributed by atoms with Crippen molar-refractivity contribution in [2.45, 2.75) is 32.6 Å². The molecule has 2 aliphatic heterocycles. The van der Waals surface area contributed by atoms with E-state index in [1.165, 1.54) is 48.4 Å². The predicted molar refractivity (Wildman–Crippen MR) is 93.0 cm³/mol. The van der Waals surface area contributed by atoms with Gasteiger partial charge in [-0.05, 0) is 44.4 Å². The van der Waals surface area contributed by atoms with Gasteiger partial charge in [0.1, 0.15) is 10.6 Å². The Morgan fingerprint density at radius 1 is 1.26 bits per heavy atom. The van der Waals surface area contributed by atoms with Crippen LogP contribution in [0.5, 0.6) is 0 Å². The number of thiazole rings is 2. The van der Waals surface area contributed by atoms with Crippen molar-refractivity contribution in [2.75, 3.05) is 18.0 Å². The van der Waals surface area contributed by atoms with Crippen molar-refractivity contribution >= 4 is 33.7 Å². The van der Waals surface area contributed by atoms with Crippen molar-refractivity contribution in [1.29, 1.82) is 0 Å². The molecule has 0 spiro atoms. The lowest BCUT2D eigenvalue weighted by atomic mass is 9.84. The van der Waals surface area contributed by atoms with Gasteiger partial charge in [0.2, 0.25) is 0 Å². The fraction of sp³-hybridized carbons (Fsp3) is 0.562. The minimum atomic E-state index is -0.408. The summed E-state index contributed by atoms with van der Waals surface area (Å²) < 4.78 is 0. The predicted octanol–water partition coefficient (Wildman–Crippen LogP) is 3.10. The number of hydrogen-bond acceptors (Lipinski definition) is 6. The lowest BCUT2D eigenvalue weighted by Gasteiger charge is -2.21. The number of carbonyl (C=O) groups excluding carboxylic acids is 1. The average molecular weight is 347 g/mol. The minimum absolute atomic E-state index is 0.408. The normalized spacial score (nSPS) is 24.0. The quantitative estimate of drug-likeness (QED) is 0.926. The van der Waals surface area contributed by atoms with Crippen molar-refractivity contribution in [3.05, 3.63) is 16.1 Å². The van der Waals surface area contributed by atoms with E-state index >= 15 is 0 Å². The van der Waals surface area contributed by atoms with E-state index in [2.05, 4.69) is 15.4 Å². The number of rotatable bonds is 3. The molecule has 2 aromatic rings. The molecular formula is C16H19N4OS2. The van der Waals surface area contributed by atoms with Crippen LogP contribution in [0.25, 0.3) is 10.6 Å². The second-order valence-corrected chi connectivity index (χ2v) is 8.32. The maximum atomic E-state index is 11.9. The number of anilines is 1. The van der Waals surface area contributed by atoms with Crippen molar-refractivity contribution in [1.82, 2.24) is 9.97 Å². The van der Waals surface area contributed by atoms with Gasteiger partial charge in [0.05, 0.1) is 10.6 Å². The van der Waals surface area contributed by atoms with Gasteiger partial charge in [-0.15, -0.1) is 11.3 Å². The van der Waals surface area contributed by atoms with Crippen LogP contribution >= 0.6 is 22.7 Å². The van der Waals surface area contributed by atoms with Crippen molar-refractivity contribution in [2.24, 2.45) is 17.6 Å². The largest absolute Gasteiger partial charge is 0.365 e. The van der Waals surface area contributed by atoms with Gasteiger partial charge in [0.15, 0.2) is 10.6 Å². The third kappa shape index (κ3) is 2.76. The van der Waals surface area contributed by atoms with Crippen molar-refractivity contribution < 1.29 is 4.79 Å². The number of fused-ring (bicyclic) bond motifs is 4. The average Bonchev–Trinajstić information content (AvgIpc) is 3.03. The molecule has 121 valence electrons. The number of primary amides is 1. The summed E-state index contributed by atoms with van der Waals surface area (Å²) in [5.41, 5.74) is 10.0. The summed E-state index contributed by atoms with van der Waals surface area (Å²) in [6.45, 7) is 4.02. The second-order valence-electron chi connectivity index (χ2n) is 6.55.